The van der Waals surface area contributed by atoms with Crippen molar-refractivity contribution in [1.82, 2.24) is 4.90 Å². The van der Waals surface area contributed by atoms with Gasteiger partial charge in [-0.3, -0.25) is 19.3 Å². The first-order valence-corrected chi connectivity index (χ1v) is 12.0. The van der Waals surface area contributed by atoms with Gasteiger partial charge in [-0.25, -0.2) is 0 Å². The number of hydrogen-bond donors (Lipinski definition) is 0. The summed E-state index contributed by atoms with van der Waals surface area (Å²) in [5, 5.41) is -0.508. The summed E-state index contributed by atoms with van der Waals surface area (Å²) in [5.41, 5.74) is 1.68. The Morgan fingerprint density at radius 3 is 2.48 bits per heavy atom. The molecule has 0 N–H and O–H groups in total. The molecule has 1 aliphatic rings. The van der Waals surface area contributed by atoms with Crippen molar-refractivity contribution in [2.24, 2.45) is 0 Å². The van der Waals surface area contributed by atoms with Crippen LogP contribution >= 0.6 is 27.7 Å². The van der Waals surface area contributed by atoms with Gasteiger partial charge in [0.05, 0.1) is 17.6 Å². The van der Waals surface area contributed by atoms with Crippen LogP contribution in [0.3, 0.4) is 0 Å². The average molecular weight is 534 g/mol. The van der Waals surface area contributed by atoms with Gasteiger partial charge in [-0.15, -0.1) is 0 Å². The SMILES string of the molecule is CCOc1cc(/C=C2\SC(=O)N(CC(=O)OC(C)C)C2=O)ccc1OCc1ccc(Br)cc1. The summed E-state index contributed by atoms with van der Waals surface area (Å²) in [5.74, 6) is -0.0526. The fourth-order valence-corrected chi connectivity index (χ4v) is 4.06. The maximum Gasteiger partial charge on any atom is 0.326 e. The summed E-state index contributed by atoms with van der Waals surface area (Å²) < 4.78 is 17.7. The molecule has 0 spiro atoms. The van der Waals surface area contributed by atoms with Crippen LogP contribution < -0.4 is 9.47 Å². The first kappa shape index (κ1) is 24.9. The molecule has 2 amide bonds. The van der Waals surface area contributed by atoms with Gasteiger partial charge in [0.25, 0.3) is 11.1 Å². The molecule has 0 aromatic heterocycles. The molecule has 0 unspecified atom stereocenters. The number of hydrogen-bond acceptors (Lipinski definition) is 7. The molecule has 1 aliphatic heterocycles. The van der Waals surface area contributed by atoms with Crippen LogP contribution in [0.2, 0.25) is 0 Å². The van der Waals surface area contributed by atoms with E-state index < -0.39 is 23.7 Å². The summed E-state index contributed by atoms with van der Waals surface area (Å²) in [4.78, 5) is 37.9. The van der Waals surface area contributed by atoms with Gasteiger partial charge in [0, 0.05) is 4.47 Å². The highest BCUT2D eigenvalue weighted by Crippen LogP contribution is 2.35. The van der Waals surface area contributed by atoms with Crippen LogP contribution in [0.25, 0.3) is 6.08 Å². The van der Waals surface area contributed by atoms with Crippen molar-refractivity contribution in [3.05, 3.63) is 63.0 Å². The Bertz CT molecular complexity index is 1070. The lowest BCUT2D eigenvalue weighted by molar-refractivity contribution is -0.149. The second-order valence-corrected chi connectivity index (χ2v) is 9.27. The molecule has 0 aliphatic carbocycles. The van der Waals surface area contributed by atoms with Crippen LogP contribution in [0.4, 0.5) is 4.79 Å². The molecule has 1 heterocycles. The summed E-state index contributed by atoms with van der Waals surface area (Å²) in [6.07, 6.45) is 1.27. The molecule has 7 nitrogen and oxygen atoms in total. The van der Waals surface area contributed by atoms with Crippen molar-refractivity contribution in [2.75, 3.05) is 13.2 Å². The topological polar surface area (TPSA) is 82.1 Å². The number of amides is 2. The Labute approximate surface area is 205 Å². The number of esters is 1. The molecule has 0 saturated carbocycles. The van der Waals surface area contributed by atoms with Crippen molar-refractivity contribution in [3.63, 3.8) is 0 Å². The highest BCUT2D eigenvalue weighted by molar-refractivity contribution is 9.10. The lowest BCUT2D eigenvalue weighted by atomic mass is 10.1. The largest absolute Gasteiger partial charge is 0.490 e. The molecule has 1 saturated heterocycles. The Balaban J connectivity index is 1.74. The van der Waals surface area contributed by atoms with E-state index in [0.717, 1.165) is 26.7 Å². The molecule has 3 rings (SSSR count). The predicted molar refractivity (Wildman–Crippen MR) is 130 cm³/mol. The highest BCUT2D eigenvalue weighted by Gasteiger charge is 2.36. The van der Waals surface area contributed by atoms with E-state index in [2.05, 4.69) is 15.9 Å². The van der Waals surface area contributed by atoms with Gasteiger partial charge in [-0.1, -0.05) is 34.1 Å². The van der Waals surface area contributed by atoms with E-state index in [4.69, 9.17) is 14.2 Å². The van der Waals surface area contributed by atoms with Gasteiger partial charge in [-0.2, -0.15) is 0 Å². The second kappa shape index (κ2) is 11.4. The zero-order chi connectivity index (χ0) is 24.0. The normalized spacial score (nSPS) is 14.8. The molecule has 1 fully saturated rings. The second-order valence-electron chi connectivity index (χ2n) is 7.36. The van der Waals surface area contributed by atoms with Crippen LogP contribution in [-0.4, -0.2) is 41.3 Å². The Kier molecular flexibility index (Phi) is 8.57. The molecule has 33 heavy (non-hydrogen) atoms. The maximum atomic E-state index is 12.7. The van der Waals surface area contributed by atoms with E-state index in [1.54, 1.807) is 38.1 Å². The number of benzene rings is 2. The van der Waals surface area contributed by atoms with Gasteiger partial charge < -0.3 is 14.2 Å². The number of rotatable bonds is 9. The van der Waals surface area contributed by atoms with Crippen LogP contribution in [0.15, 0.2) is 51.8 Å². The third kappa shape index (κ3) is 6.85. The van der Waals surface area contributed by atoms with Gasteiger partial charge in [0.15, 0.2) is 11.5 Å². The number of halogens is 1. The zero-order valence-corrected chi connectivity index (χ0v) is 20.9. The molecule has 0 bridgehead atoms. The molecule has 2 aromatic rings. The molecule has 2 aromatic carbocycles. The number of imide groups is 1. The fraction of sp³-hybridized carbons (Fsp3) is 0.292. The Morgan fingerprint density at radius 2 is 1.82 bits per heavy atom. The number of thioether (sulfide) groups is 1. The van der Waals surface area contributed by atoms with Crippen molar-refractivity contribution in [2.45, 2.75) is 33.5 Å². The quantitative estimate of drug-likeness (QED) is 0.314. The van der Waals surface area contributed by atoms with Gasteiger partial charge >= 0.3 is 5.97 Å². The van der Waals surface area contributed by atoms with Crippen molar-refractivity contribution in [1.29, 1.82) is 0 Å². The van der Waals surface area contributed by atoms with Crippen LogP contribution in [0.1, 0.15) is 31.9 Å². The van der Waals surface area contributed by atoms with Gasteiger partial charge in [-0.05, 0) is 74.0 Å². The van der Waals surface area contributed by atoms with Gasteiger partial charge in [0.1, 0.15) is 13.2 Å². The smallest absolute Gasteiger partial charge is 0.326 e. The minimum Gasteiger partial charge on any atom is -0.490 e. The van der Waals surface area contributed by atoms with Crippen LogP contribution in [0.5, 0.6) is 11.5 Å². The highest BCUT2D eigenvalue weighted by atomic mass is 79.9. The summed E-state index contributed by atoms with van der Waals surface area (Å²) in [6.45, 7) is 5.67. The zero-order valence-electron chi connectivity index (χ0n) is 18.5. The van der Waals surface area contributed by atoms with Gasteiger partial charge in [0.2, 0.25) is 0 Å². The third-order valence-corrected chi connectivity index (χ3v) is 5.84. The predicted octanol–water partition coefficient (Wildman–Crippen LogP) is 5.41. The third-order valence-electron chi connectivity index (χ3n) is 4.40. The number of ether oxygens (including phenoxy) is 3. The van der Waals surface area contributed by atoms with E-state index in [1.807, 2.05) is 31.2 Å². The number of carbonyl (C=O) groups is 3. The lowest BCUT2D eigenvalue weighted by Crippen LogP contribution is -2.35. The molecular formula is C24H24BrNO6S. The van der Waals surface area contributed by atoms with Crippen LogP contribution in [0, 0.1) is 0 Å². The van der Waals surface area contributed by atoms with Crippen LogP contribution in [-0.2, 0) is 20.9 Å². The van der Waals surface area contributed by atoms with E-state index in [9.17, 15) is 14.4 Å². The summed E-state index contributed by atoms with van der Waals surface area (Å²) >= 11 is 4.20. The Hall–Kier alpha value is -2.78. The van der Waals surface area contributed by atoms with E-state index >= 15 is 0 Å². The van der Waals surface area contributed by atoms with E-state index in [-0.39, 0.29) is 11.0 Å². The number of nitrogens with zero attached hydrogens (tertiary/aromatic N) is 1. The summed E-state index contributed by atoms with van der Waals surface area (Å²) in [6, 6.07) is 13.1. The first-order chi connectivity index (χ1) is 15.8. The molecule has 0 radical (unpaired) electrons. The van der Waals surface area contributed by atoms with E-state index in [1.165, 1.54) is 0 Å². The lowest BCUT2D eigenvalue weighted by Gasteiger charge is -2.13. The molecule has 9 heteroatoms. The molecule has 174 valence electrons. The van der Waals surface area contributed by atoms with Crippen molar-refractivity contribution >= 4 is 50.9 Å². The molecular weight excluding hydrogens is 510 g/mol. The first-order valence-electron chi connectivity index (χ1n) is 10.4. The van der Waals surface area contributed by atoms with Crippen molar-refractivity contribution in [3.8, 4) is 11.5 Å². The fourth-order valence-electron chi connectivity index (χ4n) is 2.96. The Morgan fingerprint density at radius 1 is 1.09 bits per heavy atom. The van der Waals surface area contributed by atoms with Crippen molar-refractivity contribution < 1.29 is 28.6 Å². The average Bonchev–Trinajstić information content (AvgIpc) is 3.01. The monoisotopic (exact) mass is 533 g/mol. The summed E-state index contributed by atoms with van der Waals surface area (Å²) in [7, 11) is 0. The minimum atomic E-state index is -0.626. The molecule has 0 atom stereocenters. The minimum absolute atomic E-state index is 0.225. The standard InChI is InChI=1S/C24H24BrNO6S/c1-4-30-20-11-17(7-10-19(20)31-14-16-5-8-18(25)9-6-16)12-21-23(28)26(24(29)33-21)13-22(27)32-15(2)3/h5-12,15H,4,13-14H2,1-3H3/b21-12-. The number of carbonyl (C=O) groups excluding carboxylic acids is 3. The maximum absolute atomic E-state index is 12.7. The van der Waals surface area contributed by atoms with E-state index in [0.29, 0.717) is 30.3 Å².